The van der Waals surface area contributed by atoms with E-state index in [0.29, 0.717) is 25.9 Å². The third-order valence-electron chi connectivity index (χ3n) is 3.78. The van der Waals surface area contributed by atoms with Gasteiger partial charge in [0, 0.05) is 5.56 Å². The summed E-state index contributed by atoms with van der Waals surface area (Å²) < 4.78 is 7.23. The Kier molecular flexibility index (Phi) is 3.99. The molecule has 0 aliphatic carbocycles. The number of benzene rings is 2. The van der Waals surface area contributed by atoms with Gasteiger partial charge in [-0.15, -0.1) is 10.2 Å². The normalized spacial score (nSPS) is 12.0. The van der Waals surface area contributed by atoms with Crippen LogP contribution in [0.3, 0.4) is 0 Å². The van der Waals surface area contributed by atoms with E-state index < -0.39 is 0 Å². The molecule has 4 rings (SSSR count). The Balaban J connectivity index is 1.88. The van der Waals surface area contributed by atoms with E-state index in [0.717, 1.165) is 11.3 Å². The van der Waals surface area contributed by atoms with E-state index in [9.17, 15) is 4.79 Å². The molecule has 0 amide bonds. The lowest BCUT2D eigenvalue weighted by Crippen LogP contribution is -2.23. The summed E-state index contributed by atoms with van der Waals surface area (Å²) in [4.78, 5) is 13.4. The standard InChI is InChI=1S/C18H12ClN3O2S/c1-24-12-8-6-11(7-9-12)10-15-17(23)22-16(20-21-18(22)25-15)13-4-2-3-5-14(13)19/h2-10H,1H3/b15-10-. The molecular weight excluding hydrogens is 358 g/mol. The first-order valence-electron chi connectivity index (χ1n) is 7.46. The SMILES string of the molecule is COc1ccc(/C=c2\sc3nnc(-c4ccccc4Cl)n3c2=O)cc1. The molecular formula is C18H12ClN3O2S. The van der Waals surface area contributed by atoms with E-state index in [1.54, 1.807) is 13.2 Å². The van der Waals surface area contributed by atoms with Crippen LogP contribution in [0.15, 0.2) is 53.3 Å². The van der Waals surface area contributed by atoms with E-state index in [2.05, 4.69) is 10.2 Å². The summed E-state index contributed by atoms with van der Waals surface area (Å²) in [5.74, 6) is 1.22. The molecule has 0 fully saturated rings. The first kappa shape index (κ1) is 15.8. The van der Waals surface area contributed by atoms with E-state index >= 15 is 0 Å². The largest absolute Gasteiger partial charge is 0.497 e. The molecule has 7 heteroatoms. The molecule has 0 atom stereocenters. The molecule has 0 aliphatic heterocycles. The van der Waals surface area contributed by atoms with E-state index in [-0.39, 0.29) is 5.56 Å². The predicted octanol–water partition coefficient (Wildman–Crippen LogP) is 3.03. The van der Waals surface area contributed by atoms with Gasteiger partial charge in [-0.05, 0) is 35.9 Å². The monoisotopic (exact) mass is 369 g/mol. The number of aromatic nitrogens is 3. The van der Waals surface area contributed by atoms with Gasteiger partial charge in [-0.25, -0.2) is 4.40 Å². The molecule has 4 aromatic rings. The number of nitrogens with zero attached hydrogens (tertiary/aromatic N) is 3. The fraction of sp³-hybridized carbons (Fsp3) is 0.0556. The van der Waals surface area contributed by atoms with Crippen molar-refractivity contribution in [3.05, 3.63) is 74.0 Å². The first-order chi connectivity index (χ1) is 12.2. The minimum Gasteiger partial charge on any atom is -0.497 e. The fourth-order valence-electron chi connectivity index (χ4n) is 2.53. The Morgan fingerprint density at radius 3 is 2.60 bits per heavy atom. The number of hydrogen-bond donors (Lipinski definition) is 0. The molecule has 0 saturated heterocycles. The predicted molar refractivity (Wildman–Crippen MR) is 99.4 cm³/mol. The highest BCUT2D eigenvalue weighted by Gasteiger charge is 2.15. The van der Waals surface area contributed by atoms with Crippen molar-refractivity contribution in [2.24, 2.45) is 0 Å². The van der Waals surface area contributed by atoms with E-state index in [1.807, 2.05) is 48.5 Å². The topological polar surface area (TPSA) is 56.5 Å². The van der Waals surface area contributed by atoms with Crippen LogP contribution in [0, 0.1) is 0 Å². The zero-order valence-electron chi connectivity index (χ0n) is 13.1. The van der Waals surface area contributed by atoms with Crippen molar-refractivity contribution in [2.75, 3.05) is 7.11 Å². The van der Waals surface area contributed by atoms with Crippen LogP contribution >= 0.6 is 22.9 Å². The average molecular weight is 370 g/mol. The highest BCUT2D eigenvalue weighted by atomic mass is 35.5. The maximum atomic E-state index is 12.8. The second kappa shape index (κ2) is 6.31. The van der Waals surface area contributed by atoms with Crippen LogP contribution in [0.1, 0.15) is 5.56 Å². The Bertz CT molecular complexity index is 1170. The number of hydrogen-bond acceptors (Lipinski definition) is 5. The lowest BCUT2D eigenvalue weighted by atomic mass is 10.2. The number of fused-ring (bicyclic) bond motifs is 1. The Morgan fingerprint density at radius 1 is 1.12 bits per heavy atom. The van der Waals surface area contributed by atoms with Gasteiger partial charge >= 0.3 is 0 Å². The summed E-state index contributed by atoms with van der Waals surface area (Å²) in [6.45, 7) is 0. The summed E-state index contributed by atoms with van der Waals surface area (Å²) in [5.41, 5.74) is 1.44. The molecule has 2 aromatic heterocycles. The van der Waals surface area contributed by atoms with Crippen LogP contribution in [-0.2, 0) is 0 Å². The number of rotatable bonds is 3. The molecule has 2 aromatic carbocycles. The molecule has 0 bridgehead atoms. The van der Waals surface area contributed by atoms with Gasteiger partial charge in [0.25, 0.3) is 5.56 Å². The summed E-state index contributed by atoms with van der Waals surface area (Å²) in [5, 5.41) is 8.78. The van der Waals surface area contributed by atoms with Gasteiger partial charge in [0.05, 0.1) is 16.7 Å². The quantitative estimate of drug-likeness (QED) is 0.557. The Labute approximate surface area is 151 Å². The van der Waals surface area contributed by atoms with Crippen molar-refractivity contribution in [3.8, 4) is 17.1 Å². The van der Waals surface area contributed by atoms with Crippen molar-refractivity contribution < 1.29 is 4.74 Å². The summed E-state index contributed by atoms with van der Waals surface area (Å²) >= 11 is 7.53. The second-order valence-corrected chi connectivity index (χ2v) is 6.73. The van der Waals surface area contributed by atoms with Gasteiger partial charge < -0.3 is 4.74 Å². The minimum absolute atomic E-state index is 0.157. The molecule has 0 aliphatic rings. The zero-order valence-corrected chi connectivity index (χ0v) is 14.7. The van der Waals surface area contributed by atoms with E-state index in [1.165, 1.54) is 15.7 Å². The van der Waals surface area contributed by atoms with Gasteiger partial charge in [-0.1, -0.05) is 47.2 Å². The van der Waals surface area contributed by atoms with Crippen molar-refractivity contribution in [2.45, 2.75) is 0 Å². The third-order valence-corrected chi connectivity index (χ3v) is 5.07. The molecule has 25 heavy (non-hydrogen) atoms. The molecule has 0 unspecified atom stereocenters. The lowest BCUT2D eigenvalue weighted by molar-refractivity contribution is 0.415. The van der Waals surface area contributed by atoms with Crippen molar-refractivity contribution in [1.82, 2.24) is 14.6 Å². The summed E-state index contributed by atoms with van der Waals surface area (Å²) in [6, 6.07) is 14.8. The number of ether oxygens (including phenoxy) is 1. The van der Waals surface area contributed by atoms with Crippen LogP contribution in [0.25, 0.3) is 22.4 Å². The second-order valence-electron chi connectivity index (χ2n) is 5.31. The molecule has 0 N–H and O–H groups in total. The van der Waals surface area contributed by atoms with Crippen molar-refractivity contribution in [3.63, 3.8) is 0 Å². The van der Waals surface area contributed by atoms with Crippen LogP contribution in [0.5, 0.6) is 5.75 Å². The Hall–Kier alpha value is -2.70. The minimum atomic E-state index is -0.157. The highest BCUT2D eigenvalue weighted by Crippen LogP contribution is 2.25. The Morgan fingerprint density at radius 2 is 1.88 bits per heavy atom. The van der Waals surface area contributed by atoms with Gasteiger partial charge in [-0.3, -0.25) is 4.79 Å². The lowest BCUT2D eigenvalue weighted by Gasteiger charge is -1.99. The van der Waals surface area contributed by atoms with Gasteiger partial charge in [0.15, 0.2) is 5.82 Å². The number of halogens is 1. The molecule has 124 valence electrons. The van der Waals surface area contributed by atoms with Crippen LogP contribution < -0.4 is 14.8 Å². The average Bonchev–Trinajstić information content (AvgIpc) is 3.17. The summed E-state index contributed by atoms with van der Waals surface area (Å²) in [7, 11) is 1.62. The van der Waals surface area contributed by atoms with Gasteiger partial charge in [-0.2, -0.15) is 0 Å². The molecule has 0 saturated carbocycles. The number of thiazole rings is 1. The fourth-order valence-corrected chi connectivity index (χ4v) is 3.66. The third kappa shape index (κ3) is 2.79. The molecule has 0 spiro atoms. The maximum Gasteiger partial charge on any atom is 0.276 e. The van der Waals surface area contributed by atoms with Gasteiger partial charge in [0.1, 0.15) is 5.75 Å². The smallest absolute Gasteiger partial charge is 0.276 e. The molecule has 0 radical (unpaired) electrons. The van der Waals surface area contributed by atoms with Crippen LogP contribution in [0.4, 0.5) is 0 Å². The maximum absolute atomic E-state index is 12.8. The van der Waals surface area contributed by atoms with Crippen molar-refractivity contribution in [1.29, 1.82) is 0 Å². The number of methoxy groups -OCH3 is 1. The van der Waals surface area contributed by atoms with E-state index in [4.69, 9.17) is 16.3 Å². The summed E-state index contributed by atoms with van der Waals surface area (Å²) in [6.07, 6.45) is 1.83. The molecule has 5 nitrogen and oxygen atoms in total. The first-order valence-corrected chi connectivity index (χ1v) is 8.65. The van der Waals surface area contributed by atoms with Crippen LogP contribution in [0.2, 0.25) is 5.02 Å². The van der Waals surface area contributed by atoms with Gasteiger partial charge in [0.2, 0.25) is 4.96 Å². The zero-order chi connectivity index (χ0) is 17.4. The van der Waals surface area contributed by atoms with Crippen LogP contribution in [-0.4, -0.2) is 21.7 Å². The molecule has 2 heterocycles. The highest BCUT2D eigenvalue weighted by molar-refractivity contribution is 7.15. The van der Waals surface area contributed by atoms with Crippen molar-refractivity contribution >= 4 is 34.0 Å².